The van der Waals surface area contributed by atoms with E-state index in [1.54, 1.807) is 0 Å². The summed E-state index contributed by atoms with van der Waals surface area (Å²) in [6.45, 7) is 5.52. The molecule has 4 nitrogen and oxygen atoms in total. The van der Waals surface area contributed by atoms with Crippen molar-refractivity contribution >= 4 is 11.6 Å². The fourth-order valence-electron chi connectivity index (χ4n) is 3.69. The number of rotatable bonds is 3. The van der Waals surface area contributed by atoms with Crippen molar-refractivity contribution < 1.29 is 4.79 Å². The molecule has 1 N–H and O–H groups in total. The molecule has 2 unspecified atom stereocenters. The SMILES string of the molecule is CCN1CC2CCCCC(C1)C2=NNC(=O)c1ccccc1. The van der Waals surface area contributed by atoms with Gasteiger partial charge in [0.15, 0.2) is 0 Å². The Bertz CT molecular complexity index is 523. The number of hydrogen-bond acceptors (Lipinski definition) is 3. The number of carbonyl (C=O) groups is 1. The van der Waals surface area contributed by atoms with Gasteiger partial charge in [0.1, 0.15) is 0 Å². The highest BCUT2D eigenvalue weighted by Crippen LogP contribution is 2.31. The second-order valence-electron chi connectivity index (χ2n) is 6.37. The molecule has 0 spiro atoms. The van der Waals surface area contributed by atoms with Crippen LogP contribution in [-0.4, -0.2) is 36.2 Å². The van der Waals surface area contributed by atoms with Crippen LogP contribution in [0.25, 0.3) is 0 Å². The van der Waals surface area contributed by atoms with E-state index in [-0.39, 0.29) is 5.91 Å². The van der Waals surface area contributed by atoms with Gasteiger partial charge in [-0.3, -0.25) is 4.79 Å². The molecule has 2 atom stereocenters. The average Bonchev–Trinajstić information content (AvgIpc) is 2.68. The van der Waals surface area contributed by atoms with Crippen molar-refractivity contribution in [1.82, 2.24) is 10.3 Å². The van der Waals surface area contributed by atoms with E-state index >= 15 is 0 Å². The quantitative estimate of drug-likeness (QED) is 0.872. The Morgan fingerprint density at radius 1 is 1.18 bits per heavy atom. The summed E-state index contributed by atoms with van der Waals surface area (Å²) in [6, 6.07) is 9.31. The summed E-state index contributed by atoms with van der Waals surface area (Å²) >= 11 is 0. The number of carbonyl (C=O) groups excluding carboxylic acids is 1. The van der Waals surface area contributed by atoms with Crippen molar-refractivity contribution in [1.29, 1.82) is 0 Å². The molecule has 118 valence electrons. The van der Waals surface area contributed by atoms with Gasteiger partial charge in [-0.15, -0.1) is 0 Å². The summed E-state index contributed by atoms with van der Waals surface area (Å²) in [6.07, 6.45) is 4.97. The Morgan fingerprint density at radius 3 is 2.41 bits per heavy atom. The maximum atomic E-state index is 12.2. The summed E-state index contributed by atoms with van der Waals surface area (Å²) in [7, 11) is 0. The first-order valence-corrected chi connectivity index (χ1v) is 8.43. The van der Waals surface area contributed by atoms with Gasteiger partial charge in [-0.05, 0) is 31.5 Å². The van der Waals surface area contributed by atoms with Gasteiger partial charge in [-0.2, -0.15) is 5.10 Å². The highest BCUT2D eigenvalue weighted by Gasteiger charge is 2.34. The van der Waals surface area contributed by atoms with Crippen molar-refractivity contribution in [2.75, 3.05) is 19.6 Å². The third-order valence-electron chi connectivity index (χ3n) is 4.92. The molecule has 1 aromatic rings. The number of likely N-dealkylation sites (tertiary alicyclic amines) is 1. The number of hydrogen-bond donors (Lipinski definition) is 1. The Kier molecular flexibility index (Phi) is 4.88. The third-order valence-corrected chi connectivity index (χ3v) is 4.92. The van der Waals surface area contributed by atoms with E-state index in [2.05, 4.69) is 22.4 Å². The predicted molar refractivity (Wildman–Crippen MR) is 88.9 cm³/mol. The minimum atomic E-state index is -0.109. The normalized spacial score (nSPS) is 25.4. The van der Waals surface area contributed by atoms with Crippen LogP contribution in [0.5, 0.6) is 0 Å². The van der Waals surface area contributed by atoms with E-state index in [1.165, 1.54) is 31.4 Å². The molecule has 0 radical (unpaired) electrons. The van der Waals surface area contributed by atoms with Crippen molar-refractivity contribution in [2.45, 2.75) is 32.6 Å². The van der Waals surface area contributed by atoms with Crippen LogP contribution in [0, 0.1) is 11.8 Å². The zero-order valence-corrected chi connectivity index (χ0v) is 13.3. The molecule has 2 bridgehead atoms. The number of benzene rings is 1. The van der Waals surface area contributed by atoms with Gasteiger partial charge >= 0.3 is 0 Å². The fraction of sp³-hybridized carbons (Fsp3) is 0.556. The van der Waals surface area contributed by atoms with Gasteiger partial charge in [-0.25, -0.2) is 5.43 Å². The lowest BCUT2D eigenvalue weighted by Crippen LogP contribution is -2.46. The zero-order chi connectivity index (χ0) is 15.4. The van der Waals surface area contributed by atoms with E-state index in [0.717, 1.165) is 19.6 Å². The van der Waals surface area contributed by atoms with Gasteiger partial charge in [0.2, 0.25) is 0 Å². The van der Waals surface area contributed by atoms with Crippen LogP contribution in [0.4, 0.5) is 0 Å². The van der Waals surface area contributed by atoms with Crippen LogP contribution in [0.3, 0.4) is 0 Å². The topological polar surface area (TPSA) is 44.7 Å². The Hall–Kier alpha value is -1.68. The first-order chi connectivity index (χ1) is 10.8. The van der Waals surface area contributed by atoms with Gasteiger partial charge < -0.3 is 4.90 Å². The summed E-state index contributed by atoms with van der Waals surface area (Å²) < 4.78 is 0. The molecule has 22 heavy (non-hydrogen) atoms. The molecule has 1 heterocycles. The first-order valence-electron chi connectivity index (χ1n) is 8.43. The van der Waals surface area contributed by atoms with Crippen LogP contribution >= 0.6 is 0 Å². The number of fused-ring (bicyclic) bond motifs is 2. The van der Waals surface area contributed by atoms with Crippen molar-refractivity contribution in [3.05, 3.63) is 35.9 Å². The third kappa shape index (κ3) is 3.38. The predicted octanol–water partition coefficient (Wildman–Crippen LogP) is 2.91. The molecule has 4 heteroatoms. The molecule has 1 aliphatic heterocycles. The second kappa shape index (κ2) is 7.05. The lowest BCUT2D eigenvalue weighted by molar-refractivity contribution is 0.0953. The molecule has 0 aromatic heterocycles. The summed E-state index contributed by atoms with van der Waals surface area (Å²) in [5.41, 5.74) is 4.68. The summed E-state index contributed by atoms with van der Waals surface area (Å²) in [4.78, 5) is 14.7. The Labute approximate surface area is 132 Å². The average molecular weight is 299 g/mol. The van der Waals surface area contributed by atoms with E-state index in [9.17, 15) is 4.79 Å². The number of hydrazone groups is 1. The maximum absolute atomic E-state index is 12.2. The van der Waals surface area contributed by atoms with Crippen molar-refractivity contribution in [2.24, 2.45) is 16.9 Å². The molecular weight excluding hydrogens is 274 g/mol. The molecular formula is C18H25N3O. The van der Waals surface area contributed by atoms with Crippen LogP contribution in [-0.2, 0) is 0 Å². The van der Waals surface area contributed by atoms with Crippen molar-refractivity contribution in [3.63, 3.8) is 0 Å². The standard InChI is InChI=1S/C18H25N3O/c1-2-21-12-15-10-6-7-11-16(13-21)17(15)19-20-18(22)14-8-4-3-5-9-14/h3-5,8-9,15-16H,2,6-7,10-13H2,1H3,(H,20,22). The van der Waals surface area contributed by atoms with E-state index in [1.807, 2.05) is 30.3 Å². The van der Waals surface area contributed by atoms with E-state index in [4.69, 9.17) is 0 Å². The highest BCUT2D eigenvalue weighted by atomic mass is 16.2. The van der Waals surface area contributed by atoms with Gasteiger partial charge in [-0.1, -0.05) is 38.0 Å². The smallest absolute Gasteiger partial charge is 0.271 e. The molecule has 1 aromatic carbocycles. The molecule has 1 saturated carbocycles. The maximum Gasteiger partial charge on any atom is 0.271 e. The molecule has 1 amide bonds. The lowest BCUT2D eigenvalue weighted by atomic mass is 9.86. The van der Waals surface area contributed by atoms with Gasteiger partial charge in [0.05, 0.1) is 0 Å². The molecule has 3 rings (SSSR count). The molecule has 2 fully saturated rings. The van der Waals surface area contributed by atoms with Crippen LogP contribution in [0.15, 0.2) is 35.4 Å². The fourth-order valence-corrected chi connectivity index (χ4v) is 3.69. The minimum Gasteiger partial charge on any atom is -0.302 e. The van der Waals surface area contributed by atoms with Crippen LogP contribution in [0.1, 0.15) is 43.0 Å². The number of nitrogens with one attached hydrogen (secondary N) is 1. The lowest BCUT2D eigenvalue weighted by Gasteiger charge is -2.36. The molecule has 1 aliphatic carbocycles. The van der Waals surface area contributed by atoms with Crippen LogP contribution < -0.4 is 5.43 Å². The van der Waals surface area contributed by atoms with E-state index in [0.29, 0.717) is 17.4 Å². The monoisotopic (exact) mass is 299 g/mol. The molecule has 2 aliphatic rings. The Morgan fingerprint density at radius 2 is 1.82 bits per heavy atom. The van der Waals surface area contributed by atoms with E-state index < -0.39 is 0 Å². The number of nitrogens with zero attached hydrogens (tertiary/aromatic N) is 2. The van der Waals surface area contributed by atoms with Crippen molar-refractivity contribution in [3.8, 4) is 0 Å². The summed E-state index contributed by atoms with van der Waals surface area (Å²) in [5.74, 6) is 0.914. The van der Waals surface area contributed by atoms with Gasteiger partial charge in [0, 0.05) is 36.2 Å². The minimum absolute atomic E-state index is 0.109. The number of piperidine rings is 1. The highest BCUT2D eigenvalue weighted by molar-refractivity contribution is 5.96. The number of amides is 1. The summed E-state index contributed by atoms with van der Waals surface area (Å²) in [5, 5.41) is 4.56. The Balaban J connectivity index is 1.73. The largest absolute Gasteiger partial charge is 0.302 e. The molecule has 1 saturated heterocycles. The van der Waals surface area contributed by atoms with Crippen LogP contribution in [0.2, 0.25) is 0 Å². The zero-order valence-electron chi connectivity index (χ0n) is 13.3. The first kappa shape index (κ1) is 15.2. The second-order valence-corrected chi connectivity index (χ2v) is 6.37. The van der Waals surface area contributed by atoms with Gasteiger partial charge in [0.25, 0.3) is 5.91 Å².